The van der Waals surface area contributed by atoms with Gasteiger partial charge in [-0.2, -0.15) is 0 Å². The summed E-state index contributed by atoms with van der Waals surface area (Å²) in [6.07, 6.45) is 9.65. The third-order valence-electron chi connectivity index (χ3n) is 5.42. The van der Waals surface area contributed by atoms with Crippen molar-refractivity contribution < 1.29 is 0 Å². The van der Waals surface area contributed by atoms with Gasteiger partial charge in [-0.25, -0.2) is 0 Å². The molecule has 1 aliphatic heterocycles. The van der Waals surface area contributed by atoms with Crippen LogP contribution in [-0.2, 0) is 0 Å². The topological polar surface area (TPSA) is 29.3 Å². The van der Waals surface area contributed by atoms with Crippen LogP contribution < -0.4 is 5.73 Å². The van der Waals surface area contributed by atoms with Crippen LogP contribution >= 0.6 is 0 Å². The van der Waals surface area contributed by atoms with E-state index in [0.29, 0.717) is 5.54 Å². The fraction of sp³-hybridized carbons (Fsp3) is 1.00. The summed E-state index contributed by atoms with van der Waals surface area (Å²) in [6, 6.07) is 0. The first-order chi connectivity index (χ1) is 8.18. The first-order valence-corrected chi connectivity index (χ1v) is 7.63. The molecule has 1 aliphatic carbocycles. The molecule has 0 amide bonds. The van der Waals surface area contributed by atoms with Gasteiger partial charge in [-0.05, 0) is 37.6 Å². The standard InChI is InChI=1S/C15H30N2/c1-13-7-10-17(11-14(13)2)15(12-16)8-5-3-4-6-9-15/h13-14H,3-12,16H2,1-2H3. The zero-order valence-corrected chi connectivity index (χ0v) is 11.8. The molecule has 0 aromatic carbocycles. The number of likely N-dealkylation sites (tertiary alicyclic amines) is 1. The van der Waals surface area contributed by atoms with E-state index < -0.39 is 0 Å². The van der Waals surface area contributed by atoms with Crippen LogP contribution in [0.4, 0.5) is 0 Å². The van der Waals surface area contributed by atoms with Crippen molar-refractivity contribution in [1.29, 1.82) is 0 Å². The van der Waals surface area contributed by atoms with Crippen molar-refractivity contribution in [3.05, 3.63) is 0 Å². The largest absolute Gasteiger partial charge is 0.329 e. The van der Waals surface area contributed by atoms with Gasteiger partial charge in [-0.3, -0.25) is 4.90 Å². The van der Waals surface area contributed by atoms with Crippen LogP contribution in [0.5, 0.6) is 0 Å². The van der Waals surface area contributed by atoms with Gasteiger partial charge in [-0.15, -0.1) is 0 Å². The molecule has 2 N–H and O–H groups in total. The Bertz CT molecular complexity index is 231. The molecule has 2 aliphatic rings. The third-order valence-corrected chi connectivity index (χ3v) is 5.42. The summed E-state index contributed by atoms with van der Waals surface area (Å²) in [4.78, 5) is 2.75. The molecular weight excluding hydrogens is 208 g/mol. The van der Waals surface area contributed by atoms with E-state index in [2.05, 4.69) is 18.7 Å². The van der Waals surface area contributed by atoms with E-state index in [4.69, 9.17) is 5.73 Å². The lowest BCUT2D eigenvalue weighted by atomic mass is 9.81. The highest BCUT2D eigenvalue weighted by Crippen LogP contribution is 2.36. The van der Waals surface area contributed by atoms with Crippen LogP contribution in [0, 0.1) is 11.8 Å². The van der Waals surface area contributed by atoms with E-state index in [1.807, 2.05) is 0 Å². The lowest BCUT2D eigenvalue weighted by molar-refractivity contribution is 0.0207. The van der Waals surface area contributed by atoms with Gasteiger partial charge in [0.2, 0.25) is 0 Å². The zero-order valence-electron chi connectivity index (χ0n) is 11.8. The summed E-state index contributed by atoms with van der Waals surface area (Å²) in [6.45, 7) is 8.25. The normalized spacial score (nSPS) is 35.5. The lowest BCUT2D eigenvalue weighted by Gasteiger charge is -2.48. The molecule has 1 heterocycles. The summed E-state index contributed by atoms with van der Waals surface area (Å²) in [5, 5.41) is 0. The van der Waals surface area contributed by atoms with Crippen LogP contribution in [0.3, 0.4) is 0 Å². The fourth-order valence-corrected chi connectivity index (χ4v) is 3.73. The number of rotatable bonds is 2. The summed E-state index contributed by atoms with van der Waals surface area (Å²) in [7, 11) is 0. The molecule has 2 rings (SSSR count). The first-order valence-electron chi connectivity index (χ1n) is 7.63. The second kappa shape index (κ2) is 5.71. The van der Waals surface area contributed by atoms with Gasteiger partial charge < -0.3 is 5.73 Å². The van der Waals surface area contributed by atoms with Crippen molar-refractivity contribution >= 4 is 0 Å². The van der Waals surface area contributed by atoms with Gasteiger partial charge in [0.25, 0.3) is 0 Å². The minimum Gasteiger partial charge on any atom is -0.329 e. The van der Waals surface area contributed by atoms with Crippen LogP contribution in [0.1, 0.15) is 58.8 Å². The Labute approximate surface area is 107 Å². The number of piperidine rings is 1. The van der Waals surface area contributed by atoms with Crippen LogP contribution in [0.2, 0.25) is 0 Å². The molecule has 1 saturated carbocycles. The summed E-state index contributed by atoms with van der Waals surface area (Å²) in [5.74, 6) is 1.74. The molecule has 100 valence electrons. The highest BCUT2D eigenvalue weighted by atomic mass is 15.2. The number of nitrogens with two attached hydrogens (primary N) is 1. The Morgan fingerprint density at radius 3 is 2.24 bits per heavy atom. The highest BCUT2D eigenvalue weighted by Gasteiger charge is 2.38. The number of hydrogen-bond acceptors (Lipinski definition) is 2. The van der Waals surface area contributed by atoms with E-state index in [-0.39, 0.29) is 0 Å². The van der Waals surface area contributed by atoms with Crippen molar-refractivity contribution in [2.45, 2.75) is 64.3 Å². The zero-order chi connectivity index (χ0) is 12.3. The summed E-state index contributed by atoms with van der Waals surface area (Å²) in [5.41, 5.74) is 6.53. The molecule has 0 aromatic heterocycles. The van der Waals surface area contributed by atoms with Crippen molar-refractivity contribution in [2.24, 2.45) is 17.6 Å². The molecule has 17 heavy (non-hydrogen) atoms. The van der Waals surface area contributed by atoms with E-state index >= 15 is 0 Å². The first kappa shape index (κ1) is 13.4. The second-order valence-corrected chi connectivity index (χ2v) is 6.53. The Hall–Kier alpha value is -0.0800. The molecule has 2 nitrogen and oxygen atoms in total. The second-order valence-electron chi connectivity index (χ2n) is 6.53. The van der Waals surface area contributed by atoms with Crippen molar-refractivity contribution in [1.82, 2.24) is 4.90 Å². The predicted octanol–water partition coefficient (Wildman–Crippen LogP) is 3.02. The van der Waals surface area contributed by atoms with Crippen LogP contribution in [-0.4, -0.2) is 30.1 Å². The highest BCUT2D eigenvalue weighted by molar-refractivity contribution is 4.95. The smallest absolute Gasteiger partial charge is 0.0331 e. The Balaban J connectivity index is 2.05. The van der Waals surface area contributed by atoms with E-state index in [9.17, 15) is 0 Å². The van der Waals surface area contributed by atoms with Gasteiger partial charge >= 0.3 is 0 Å². The molecule has 0 spiro atoms. The summed E-state index contributed by atoms with van der Waals surface area (Å²) < 4.78 is 0. The van der Waals surface area contributed by atoms with E-state index in [1.54, 1.807) is 0 Å². The maximum Gasteiger partial charge on any atom is 0.0331 e. The maximum absolute atomic E-state index is 6.18. The average Bonchev–Trinajstić information content (AvgIpc) is 2.59. The molecule has 2 atom stereocenters. The molecule has 2 heteroatoms. The Morgan fingerprint density at radius 1 is 1.06 bits per heavy atom. The minimum absolute atomic E-state index is 0.352. The fourth-order valence-electron chi connectivity index (χ4n) is 3.73. The quantitative estimate of drug-likeness (QED) is 0.749. The van der Waals surface area contributed by atoms with Gasteiger partial charge in [0.15, 0.2) is 0 Å². The van der Waals surface area contributed by atoms with Crippen LogP contribution in [0.25, 0.3) is 0 Å². The van der Waals surface area contributed by atoms with Crippen LogP contribution in [0.15, 0.2) is 0 Å². The Kier molecular flexibility index (Phi) is 4.48. The molecular formula is C15H30N2. The number of hydrogen-bond donors (Lipinski definition) is 1. The van der Waals surface area contributed by atoms with Crippen molar-refractivity contribution in [3.63, 3.8) is 0 Å². The summed E-state index contributed by atoms with van der Waals surface area (Å²) >= 11 is 0. The third kappa shape index (κ3) is 2.85. The molecule has 0 aromatic rings. The predicted molar refractivity (Wildman–Crippen MR) is 74.0 cm³/mol. The van der Waals surface area contributed by atoms with Gasteiger partial charge in [-0.1, -0.05) is 39.5 Å². The van der Waals surface area contributed by atoms with E-state index in [0.717, 1.165) is 18.4 Å². The van der Waals surface area contributed by atoms with Gasteiger partial charge in [0.1, 0.15) is 0 Å². The number of nitrogens with zero attached hydrogens (tertiary/aromatic N) is 1. The molecule has 1 saturated heterocycles. The maximum atomic E-state index is 6.18. The molecule has 0 radical (unpaired) electrons. The minimum atomic E-state index is 0.352. The Morgan fingerprint density at radius 2 is 1.71 bits per heavy atom. The molecule has 2 unspecified atom stereocenters. The van der Waals surface area contributed by atoms with Crippen molar-refractivity contribution in [2.75, 3.05) is 19.6 Å². The lowest BCUT2D eigenvalue weighted by Crippen LogP contribution is -2.57. The van der Waals surface area contributed by atoms with Gasteiger partial charge in [0, 0.05) is 18.6 Å². The average molecular weight is 238 g/mol. The molecule has 2 fully saturated rings. The van der Waals surface area contributed by atoms with E-state index in [1.165, 1.54) is 58.0 Å². The monoisotopic (exact) mass is 238 g/mol. The SMILES string of the molecule is CC1CCN(C2(CN)CCCCCC2)CC1C. The molecule has 0 bridgehead atoms. The van der Waals surface area contributed by atoms with Crippen molar-refractivity contribution in [3.8, 4) is 0 Å². The van der Waals surface area contributed by atoms with Gasteiger partial charge in [0.05, 0.1) is 0 Å².